The van der Waals surface area contributed by atoms with Gasteiger partial charge >= 0.3 is 0 Å². The van der Waals surface area contributed by atoms with Crippen LogP contribution in [-0.4, -0.2) is 45.0 Å². The van der Waals surface area contributed by atoms with E-state index in [0.717, 1.165) is 0 Å². The van der Waals surface area contributed by atoms with Gasteiger partial charge in [0.05, 0.1) is 6.54 Å². The lowest BCUT2D eigenvalue weighted by Crippen LogP contribution is -2.37. The number of hydrogen-bond donors (Lipinski definition) is 1. The highest BCUT2D eigenvalue weighted by Crippen LogP contribution is 2.25. The van der Waals surface area contributed by atoms with Crippen molar-refractivity contribution in [1.82, 2.24) is 10.2 Å². The molecule has 0 saturated carbocycles. The van der Waals surface area contributed by atoms with Crippen LogP contribution in [0.1, 0.15) is 12.5 Å². The third kappa shape index (κ3) is 3.90. The Morgan fingerprint density at radius 1 is 1.25 bits per heavy atom. The molecule has 0 aliphatic carbocycles. The van der Waals surface area contributed by atoms with Gasteiger partial charge in [-0.15, -0.1) is 0 Å². The van der Waals surface area contributed by atoms with E-state index in [0.29, 0.717) is 18.7 Å². The number of benzene rings is 1. The lowest BCUT2D eigenvalue weighted by Gasteiger charge is -2.25. The largest absolute Gasteiger partial charge is 0.358 e. The molecule has 0 aliphatic rings. The van der Waals surface area contributed by atoms with Crippen molar-refractivity contribution in [2.75, 3.05) is 39.1 Å². The number of likely N-dealkylation sites (N-methyl/N-ethyl adjacent to an activating group) is 2. The Bertz CT molecular complexity index is 454. The zero-order valence-electron chi connectivity index (χ0n) is 12.3. The molecule has 4 nitrogen and oxygen atoms in total. The minimum absolute atomic E-state index is 0.0529. The summed E-state index contributed by atoms with van der Waals surface area (Å²) in [5.74, 6) is -1.50. The maximum atomic E-state index is 14.1. The summed E-state index contributed by atoms with van der Waals surface area (Å²) < 4.78 is 28.2. The summed E-state index contributed by atoms with van der Waals surface area (Å²) in [6.07, 6.45) is 0. The van der Waals surface area contributed by atoms with Crippen LogP contribution >= 0.6 is 0 Å². The number of nitrogens with one attached hydrogen (secondary N) is 1. The highest BCUT2D eigenvalue weighted by Gasteiger charge is 2.19. The topological polar surface area (TPSA) is 35.6 Å². The molecule has 0 saturated heterocycles. The predicted molar refractivity (Wildman–Crippen MR) is 75.7 cm³/mol. The van der Waals surface area contributed by atoms with Gasteiger partial charge in [0.1, 0.15) is 17.3 Å². The second-order valence-electron chi connectivity index (χ2n) is 4.74. The summed E-state index contributed by atoms with van der Waals surface area (Å²) >= 11 is 0. The highest BCUT2D eigenvalue weighted by atomic mass is 19.1. The molecule has 6 heteroatoms. The van der Waals surface area contributed by atoms with Gasteiger partial charge in [-0.3, -0.25) is 4.79 Å². The quantitative estimate of drug-likeness (QED) is 0.862. The molecule has 0 bridgehead atoms. The fourth-order valence-electron chi connectivity index (χ4n) is 1.88. The summed E-state index contributed by atoms with van der Waals surface area (Å²) in [6.45, 7) is 2.43. The van der Waals surface area contributed by atoms with Crippen molar-refractivity contribution >= 4 is 11.6 Å². The third-order valence-electron chi connectivity index (χ3n) is 2.98. The Kier molecular flexibility index (Phi) is 5.88. The van der Waals surface area contributed by atoms with Crippen LogP contribution in [0.4, 0.5) is 14.5 Å². The van der Waals surface area contributed by atoms with Gasteiger partial charge in [0, 0.05) is 27.2 Å². The van der Waals surface area contributed by atoms with Gasteiger partial charge in [-0.25, -0.2) is 8.78 Å². The normalized spacial score (nSPS) is 10.5. The molecule has 1 rings (SSSR count). The van der Waals surface area contributed by atoms with Crippen molar-refractivity contribution in [3.05, 3.63) is 29.3 Å². The Labute approximate surface area is 118 Å². The van der Waals surface area contributed by atoms with Gasteiger partial charge in [0.2, 0.25) is 5.91 Å². The number of nitrogens with zero attached hydrogens (tertiary/aromatic N) is 2. The second kappa shape index (κ2) is 7.19. The maximum absolute atomic E-state index is 14.1. The lowest BCUT2D eigenvalue weighted by molar-refractivity contribution is -0.127. The average Bonchev–Trinajstić information content (AvgIpc) is 2.36. The fourth-order valence-corrected chi connectivity index (χ4v) is 1.88. The zero-order chi connectivity index (χ0) is 15.3. The molecule has 1 amide bonds. The van der Waals surface area contributed by atoms with Crippen LogP contribution in [0.3, 0.4) is 0 Å². The van der Waals surface area contributed by atoms with Gasteiger partial charge in [-0.2, -0.15) is 0 Å². The summed E-state index contributed by atoms with van der Waals surface area (Å²) in [5, 5.41) is 2.84. The predicted octanol–water partition coefficient (Wildman–Crippen LogP) is 1.60. The van der Waals surface area contributed by atoms with Crippen molar-refractivity contribution in [2.24, 2.45) is 0 Å². The van der Waals surface area contributed by atoms with E-state index in [9.17, 15) is 13.6 Å². The number of hydrogen-bond acceptors (Lipinski definition) is 3. The molecule has 0 unspecified atom stereocenters. The summed E-state index contributed by atoms with van der Waals surface area (Å²) in [5.41, 5.74) is 0.379. The van der Waals surface area contributed by atoms with E-state index in [-0.39, 0.29) is 18.1 Å². The molecule has 1 aromatic rings. The van der Waals surface area contributed by atoms with E-state index in [1.807, 2.05) is 0 Å². The number of carbonyl (C=O) groups excluding carboxylic acids is 1. The molecule has 112 valence electrons. The second-order valence-corrected chi connectivity index (χ2v) is 4.74. The lowest BCUT2D eigenvalue weighted by atomic mass is 10.1. The first kappa shape index (κ1) is 16.4. The van der Waals surface area contributed by atoms with Crippen LogP contribution in [-0.2, 0) is 11.3 Å². The van der Waals surface area contributed by atoms with Crippen LogP contribution in [0.2, 0.25) is 0 Å². The first-order valence-electron chi connectivity index (χ1n) is 6.48. The standard InChI is InChI=1S/C14H21F2N3O/c1-5-19(9-13(20)18(3)4)14-11(15)6-10(8-17-2)7-12(14)16/h6-7,17H,5,8-9H2,1-4H3. The van der Waals surface area contributed by atoms with Crippen molar-refractivity contribution in [1.29, 1.82) is 0 Å². The molecular weight excluding hydrogens is 264 g/mol. The monoisotopic (exact) mass is 285 g/mol. The fraction of sp³-hybridized carbons (Fsp3) is 0.500. The molecule has 1 N–H and O–H groups in total. The molecule has 1 aromatic carbocycles. The molecular formula is C14H21F2N3O. The molecule has 0 fully saturated rings. The van der Waals surface area contributed by atoms with Crippen molar-refractivity contribution in [3.63, 3.8) is 0 Å². The minimum Gasteiger partial charge on any atom is -0.358 e. The van der Waals surface area contributed by atoms with Gasteiger partial charge < -0.3 is 15.1 Å². The number of anilines is 1. The summed E-state index contributed by atoms with van der Waals surface area (Å²) in [4.78, 5) is 14.5. The first-order valence-corrected chi connectivity index (χ1v) is 6.48. The SMILES string of the molecule is CCN(CC(=O)N(C)C)c1c(F)cc(CNC)cc1F. The van der Waals surface area contributed by atoms with Crippen molar-refractivity contribution < 1.29 is 13.6 Å². The Hall–Kier alpha value is -1.69. The van der Waals surface area contributed by atoms with E-state index in [1.54, 1.807) is 28.1 Å². The smallest absolute Gasteiger partial charge is 0.241 e. The average molecular weight is 285 g/mol. The van der Waals surface area contributed by atoms with Crippen LogP contribution in [0, 0.1) is 11.6 Å². The number of carbonyl (C=O) groups is 1. The Morgan fingerprint density at radius 2 is 1.80 bits per heavy atom. The van der Waals surface area contributed by atoms with E-state index < -0.39 is 11.6 Å². The number of halogens is 2. The first-order chi connectivity index (χ1) is 9.40. The molecule has 0 spiro atoms. The van der Waals surface area contributed by atoms with E-state index in [2.05, 4.69) is 5.32 Å². The Morgan fingerprint density at radius 3 is 2.20 bits per heavy atom. The van der Waals surface area contributed by atoms with Crippen molar-refractivity contribution in [2.45, 2.75) is 13.5 Å². The molecule has 0 radical (unpaired) electrons. The van der Waals surface area contributed by atoms with E-state index >= 15 is 0 Å². The van der Waals surface area contributed by atoms with E-state index in [4.69, 9.17) is 0 Å². The minimum atomic E-state index is -0.649. The summed E-state index contributed by atoms with van der Waals surface area (Å²) in [7, 11) is 4.93. The number of amides is 1. The molecule has 20 heavy (non-hydrogen) atoms. The van der Waals surface area contributed by atoms with Crippen LogP contribution < -0.4 is 10.2 Å². The molecule has 0 heterocycles. The van der Waals surface area contributed by atoms with Crippen LogP contribution in [0.25, 0.3) is 0 Å². The zero-order valence-corrected chi connectivity index (χ0v) is 12.3. The maximum Gasteiger partial charge on any atom is 0.241 e. The van der Waals surface area contributed by atoms with Crippen LogP contribution in [0.5, 0.6) is 0 Å². The Balaban J connectivity index is 3.06. The van der Waals surface area contributed by atoms with Gasteiger partial charge in [0.15, 0.2) is 0 Å². The summed E-state index contributed by atoms with van der Waals surface area (Å²) in [6, 6.07) is 2.58. The van der Waals surface area contributed by atoms with Crippen molar-refractivity contribution in [3.8, 4) is 0 Å². The molecule has 0 atom stereocenters. The molecule has 0 aromatic heterocycles. The van der Waals surface area contributed by atoms with Gasteiger partial charge in [-0.05, 0) is 31.7 Å². The van der Waals surface area contributed by atoms with E-state index in [1.165, 1.54) is 21.9 Å². The third-order valence-corrected chi connectivity index (χ3v) is 2.98. The molecule has 0 aliphatic heterocycles. The van der Waals surface area contributed by atoms with Gasteiger partial charge in [0.25, 0.3) is 0 Å². The highest BCUT2D eigenvalue weighted by molar-refractivity contribution is 5.81. The van der Waals surface area contributed by atoms with Crippen LogP contribution in [0.15, 0.2) is 12.1 Å². The number of rotatable bonds is 6. The van der Waals surface area contributed by atoms with Gasteiger partial charge in [-0.1, -0.05) is 0 Å².